The van der Waals surface area contributed by atoms with Crippen LogP contribution < -0.4 is 14.2 Å². The highest BCUT2D eigenvalue weighted by molar-refractivity contribution is 7.90. The summed E-state index contributed by atoms with van der Waals surface area (Å²) in [6.45, 7) is 7.38. The number of benzene rings is 1. The van der Waals surface area contributed by atoms with Crippen LogP contribution in [0.4, 0.5) is 0 Å². The molecule has 3 heterocycles. The highest BCUT2D eigenvalue weighted by atomic mass is 32.2. The standard InChI is InChI=1S/C26H25N5O5S/c1-15-11-16(2)23(17(3)12-15)36-25-20(9-10-21(30-25)19-13-27-26(35-5)28-14-19)24(32)31-37(33,34)22-8-6-7-18(4)29-22/h6-14H,1-5H3,(H,31,32). The number of aryl methyl sites for hydroxylation is 4. The smallest absolute Gasteiger partial charge is 0.316 e. The first-order valence-electron chi connectivity index (χ1n) is 11.2. The van der Waals surface area contributed by atoms with E-state index < -0.39 is 15.9 Å². The molecule has 11 heteroatoms. The molecule has 10 nitrogen and oxygen atoms in total. The number of carbonyl (C=O) groups excluding carboxylic acids is 1. The van der Waals surface area contributed by atoms with Gasteiger partial charge in [0.2, 0.25) is 5.88 Å². The van der Waals surface area contributed by atoms with Gasteiger partial charge in [-0.3, -0.25) is 4.79 Å². The molecular weight excluding hydrogens is 494 g/mol. The van der Waals surface area contributed by atoms with E-state index >= 15 is 0 Å². The number of nitrogens with one attached hydrogen (secondary N) is 1. The van der Waals surface area contributed by atoms with Gasteiger partial charge in [-0.1, -0.05) is 23.8 Å². The molecule has 1 aromatic carbocycles. The first kappa shape index (κ1) is 25.7. The molecule has 0 spiro atoms. The lowest BCUT2D eigenvalue weighted by atomic mass is 10.1. The summed E-state index contributed by atoms with van der Waals surface area (Å²) in [5.41, 5.74) is 4.10. The van der Waals surface area contributed by atoms with Gasteiger partial charge in [-0.25, -0.2) is 24.7 Å². The van der Waals surface area contributed by atoms with Gasteiger partial charge < -0.3 is 9.47 Å². The topological polar surface area (TPSA) is 133 Å². The van der Waals surface area contributed by atoms with E-state index in [4.69, 9.17) is 9.47 Å². The summed E-state index contributed by atoms with van der Waals surface area (Å²) in [6.07, 6.45) is 3.04. The zero-order chi connectivity index (χ0) is 26.7. The minimum Gasteiger partial charge on any atom is -0.467 e. The van der Waals surface area contributed by atoms with Crippen LogP contribution in [0.1, 0.15) is 32.7 Å². The lowest BCUT2D eigenvalue weighted by Crippen LogP contribution is -2.31. The lowest BCUT2D eigenvalue weighted by molar-refractivity contribution is 0.0978. The monoisotopic (exact) mass is 519 g/mol. The minimum absolute atomic E-state index is 0.0752. The van der Waals surface area contributed by atoms with Crippen molar-refractivity contribution in [3.05, 3.63) is 82.8 Å². The van der Waals surface area contributed by atoms with E-state index in [9.17, 15) is 13.2 Å². The highest BCUT2D eigenvalue weighted by Gasteiger charge is 2.25. The number of nitrogens with zero attached hydrogens (tertiary/aromatic N) is 4. The SMILES string of the molecule is COc1ncc(-c2ccc(C(=O)NS(=O)(=O)c3cccc(C)n3)c(Oc3c(C)cc(C)cc3C)n2)cn1. The largest absolute Gasteiger partial charge is 0.467 e. The van der Waals surface area contributed by atoms with Crippen LogP contribution in [0.5, 0.6) is 17.6 Å². The summed E-state index contributed by atoms with van der Waals surface area (Å²) >= 11 is 0. The number of methoxy groups -OCH3 is 1. The molecule has 4 rings (SSSR count). The maximum Gasteiger partial charge on any atom is 0.316 e. The average molecular weight is 520 g/mol. The molecule has 3 aromatic heterocycles. The molecule has 1 amide bonds. The molecule has 0 unspecified atom stereocenters. The number of sulfonamides is 1. The van der Waals surface area contributed by atoms with Crippen molar-refractivity contribution in [3.8, 4) is 28.9 Å². The van der Waals surface area contributed by atoms with E-state index in [-0.39, 0.29) is 22.5 Å². The van der Waals surface area contributed by atoms with E-state index in [2.05, 4.69) is 24.7 Å². The molecule has 190 valence electrons. The predicted molar refractivity (Wildman–Crippen MR) is 136 cm³/mol. The van der Waals surface area contributed by atoms with Crippen molar-refractivity contribution in [2.24, 2.45) is 0 Å². The van der Waals surface area contributed by atoms with E-state index in [1.807, 2.05) is 32.9 Å². The zero-order valence-corrected chi connectivity index (χ0v) is 21.8. The Balaban J connectivity index is 1.77. The van der Waals surface area contributed by atoms with Crippen LogP contribution in [0.3, 0.4) is 0 Å². The van der Waals surface area contributed by atoms with Gasteiger partial charge >= 0.3 is 6.01 Å². The van der Waals surface area contributed by atoms with Crippen molar-refractivity contribution in [1.29, 1.82) is 0 Å². The molecule has 4 aromatic rings. The number of hydrogen-bond donors (Lipinski definition) is 1. The second kappa shape index (κ2) is 10.3. The first-order valence-corrected chi connectivity index (χ1v) is 12.7. The molecule has 1 N–H and O–H groups in total. The predicted octanol–water partition coefficient (Wildman–Crippen LogP) is 4.09. The first-order chi connectivity index (χ1) is 17.6. The molecular formula is C26H25N5O5S. The molecule has 0 saturated carbocycles. The molecule has 0 aliphatic rings. The van der Waals surface area contributed by atoms with Gasteiger partial charge in [0.25, 0.3) is 15.9 Å². The van der Waals surface area contributed by atoms with E-state index in [0.717, 1.165) is 16.7 Å². The van der Waals surface area contributed by atoms with Crippen LogP contribution in [0.15, 0.2) is 59.9 Å². The summed E-state index contributed by atoms with van der Waals surface area (Å²) in [5, 5.41) is -0.270. The zero-order valence-electron chi connectivity index (χ0n) is 20.9. The second-order valence-corrected chi connectivity index (χ2v) is 10.0. The molecule has 0 aliphatic carbocycles. The van der Waals surface area contributed by atoms with Crippen molar-refractivity contribution < 1.29 is 22.7 Å². The number of pyridine rings is 2. The van der Waals surface area contributed by atoms with Gasteiger partial charge in [-0.05, 0) is 63.1 Å². The van der Waals surface area contributed by atoms with Crippen molar-refractivity contribution in [2.75, 3.05) is 7.11 Å². The third-order valence-electron chi connectivity index (χ3n) is 5.38. The summed E-state index contributed by atoms with van der Waals surface area (Å²) in [5.74, 6) is -0.475. The third kappa shape index (κ3) is 5.72. The molecule has 0 atom stereocenters. The number of aromatic nitrogens is 4. The molecule has 0 fully saturated rings. The van der Waals surface area contributed by atoms with Gasteiger partial charge in [0, 0.05) is 23.7 Å². The fraction of sp³-hybridized carbons (Fsp3) is 0.192. The fourth-order valence-corrected chi connectivity index (χ4v) is 4.71. The Hall–Kier alpha value is -4.38. The van der Waals surface area contributed by atoms with Crippen LogP contribution in [0.2, 0.25) is 0 Å². The van der Waals surface area contributed by atoms with Gasteiger partial charge in [-0.15, -0.1) is 0 Å². The Morgan fingerprint density at radius 1 is 0.919 bits per heavy atom. The number of amides is 1. The van der Waals surface area contributed by atoms with Gasteiger partial charge in [0.05, 0.1) is 12.8 Å². The van der Waals surface area contributed by atoms with Gasteiger partial charge in [0.15, 0.2) is 5.03 Å². The second-order valence-electron chi connectivity index (χ2n) is 8.39. The van der Waals surface area contributed by atoms with Crippen LogP contribution in [-0.2, 0) is 10.0 Å². The summed E-state index contributed by atoms with van der Waals surface area (Å²) in [7, 11) is -2.78. The highest BCUT2D eigenvalue weighted by Crippen LogP contribution is 2.32. The van der Waals surface area contributed by atoms with Crippen molar-refractivity contribution in [2.45, 2.75) is 32.7 Å². The van der Waals surface area contributed by atoms with E-state index in [0.29, 0.717) is 22.7 Å². The number of hydrogen-bond acceptors (Lipinski definition) is 9. The van der Waals surface area contributed by atoms with Crippen LogP contribution in [0, 0.1) is 27.7 Å². The van der Waals surface area contributed by atoms with E-state index in [1.165, 1.54) is 31.6 Å². The lowest BCUT2D eigenvalue weighted by Gasteiger charge is -2.16. The quantitative estimate of drug-likeness (QED) is 0.383. The number of rotatable bonds is 7. The van der Waals surface area contributed by atoms with Gasteiger partial charge in [0.1, 0.15) is 11.3 Å². The molecule has 0 aliphatic heterocycles. The minimum atomic E-state index is -4.24. The third-order valence-corrected chi connectivity index (χ3v) is 6.61. The summed E-state index contributed by atoms with van der Waals surface area (Å²) in [4.78, 5) is 29.9. The van der Waals surface area contributed by atoms with Crippen LogP contribution in [0.25, 0.3) is 11.3 Å². The normalized spacial score (nSPS) is 11.2. The molecule has 0 radical (unpaired) electrons. The maximum absolute atomic E-state index is 13.2. The maximum atomic E-state index is 13.2. The Kier molecular flexibility index (Phi) is 7.16. The summed E-state index contributed by atoms with van der Waals surface area (Å²) < 4.78 is 38.9. The summed E-state index contributed by atoms with van der Waals surface area (Å²) in [6, 6.07) is 11.6. The number of ether oxygens (including phenoxy) is 2. The Labute approximate surface area is 214 Å². The van der Waals surface area contributed by atoms with E-state index in [1.54, 1.807) is 25.1 Å². The Morgan fingerprint density at radius 2 is 1.59 bits per heavy atom. The van der Waals surface area contributed by atoms with Crippen molar-refractivity contribution in [1.82, 2.24) is 24.7 Å². The average Bonchev–Trinajstić information content (AvgIpc) is 2.86. The molecule has 0 bridgehead atoms. The number of carbonyl (C=O) groups is 1. The van der Waals surface area contributed by atoms with Crippen molar-refractivity contribution in [3.63, 3.8) is 0 Å². The fourth-order valence-electron chi connectivity index (χ4n) is 3.73. The molecule has 37 heavy (non-hydrogen) atoms. The Bertz CT molecular complexity index is 1560. The van der Waals surface area contributed by atoms with Crippen LogP contribution in [-0.4, -0.2) is 41.4 Å². The van der Waals surface area contributed by atoms with Crippen LogP contribution >= 0.6 is 0 Å². The van der Waals surface area contributed by atoms with Crippen molar-refractivity contribution >= 4 is 15.9 Å². The van der Waals surface area contributed by atoms with Gasteiger partial charge in [-0.2, -0.15) is 8.42 Å². The molecule has 0 saturated heterocycles. The Morgan fingerprint density at radius 3 is 2.22 bits per heavy atom.